The van der Waals surface area contributed by atoms with Crippen molar-refractivity contribution in [2.45, 2.75) is 6.42 Å². The molecule has 4 nitrogen and oxygen atoms in total. The molecule has 0 bridgehead atoms. The van der Waals surface area contributed by atoms with E-state index in [1.165, 1.54) is 7.11 Å². The molecule has 0 radical (unpaired) electrons. The summed E-state index contributed by atoms with van der Waals surface area (Å²) in [5, 5.41) is 2.80. The molecule has 2 aromatic carbocycles. The molecule has 0 spiro atoms. The van der Waals surface area contributed by atoms with Crippen LogP contribution in [0.5, 0.6) is 0 Å². The van der Waals surface area contributed by atoms with Crippen molar-refractivity contribution in [2.75, 3.05) is 12.4 Å². The number of ether oxygens (including phenoxy) is 1. The molecule has 0 aliphatic heterocycles. The second kappa shape index (κ2) is 6.52. The first-order valence-electron chi connectivity index (χ1n) is 6.21. The van der Waals surface area contributed by atoms with Crippen LogP contribution in [0, 0.1) is 0 Å². The highest BCUT2D eigenvalue weighted by molar-refractivity contribution is 6.04. The fourth-order valence-corrected chi connectivity index (χ4v) is 1.79. The van der Waals surface area contributed by atoms with Crippen LogP contribution in [-0.2, 0) is 16.0 Å². The first-order valence-corrected chi connectivity index (χ1v) is 6.21. The standard InChI is InChI=1S/C16H15NO3/c1-20-15(18)11-12-6-5-9-14(10-12)17-16(19)13-7-3-2-4-8-13/h2-10H,11H2,1H3,(H,17,19). The van der Waals surface area contributed by atoms with Crippen molar-refractivity contribution in [1.29, 1.82) is 0 Å². The van der Waals surface area contributed by atoms with E-state index in [9.17, 15) is 9.59 Å². The maximum atomic E-state index is 12.0. The molecule has 0 saturated carbocycles. The predicted octanol–water partition coefficient (Wildman–Crippen LogP) is 2.65. The number of carbonyl (C=O) groups is 2. The minimum absolute atomic E-state index is 0.180. The van der Waals surface area contributed by atoms with Gasteiger partial charge in [0.05, 0.1) is 13.5 Å². The van der Waals surface area contributed by atoms with Gasteiger partial charge < -0.3 is 10.1 Å². The molecule has 0 atom stereocenters. The average Bonchev–Trinajstić information content (AvgIpc) is 2.48. The van der Waals surface area contributed by atoms with Gasteiger partial charge in [-0.1, -0.05) is 30.3 Å². The van der Waals surface area contributed by atoms with Gasteiger partial charge in [0.15, 0.2) is 0 Å². The minimum atomic E-state index is -0.309. The summed E-state index contributed by atoms with van der Waals surface area (Å²) in [4.78, 5) is 23.2. The van der Waals surface area contributed by atoms with Crippen LogP contribution >= 0.6 is 0 Å². The van der Waals surface area contributed by atoms with Gasteiger partial charge in [-0.3, -0.25) is 9.59 Å². The number of carbonyl (C=O) groups excluding carboxylic acids is 2. The summed E-state index contributed by atoms with van der Waals surface area (Å²) in [6.07, 6.45) is 0.186. The summed E-state index contributed by atoms with van der Waals surface area (Å²) in [5.41, 5.74) is 2.04. The van der Waals surface area contributed by atoms with Gasteiger partial charge in [0.1, 0.15) is 0 Å². The quantitative estimate of drug-likeness (QED) is 0.868. The number of anilines is 1. The van der Waals surface area contributed by atoms with Gasteiger partial charge in [-0.2, -0.15) is 0 Å². The first kappa shape index (κ1) is 13.8. The third-order valence-electron chi connectivity index (χ3n) is 2.80. The van der Waals surface area contributed by atoms with Crippen molar-refractivity contribution < 1.29 is 14.3 Å². The SMILES string of the molecule is COC(=O)Cc1cccc(NC(=O)c2ccccc2)c1. The number of methoxy groups -OCH3 is 1. The van der Waals surface area contributed by atoms with Crippen molar-refractivity contribution in [2.24, 2.45) is 0 Å². The molecule has 0 fully saturated rings. The van der Waals surface area contributed by atoms with E-state index in [1.54, 1.807) is 30.3 Å². The number of hydrogen-bond donors (Lipinski definition) is 1. The van der Waals surface area contributed by atoms with Crippen LogP contribution in [0.3, 0.4) is 0 Å². The molecule has 0 unspecified atom stereocenters. The molecular weight excluding hydrogens is 254 g/mol. The molecule has 0 aromatic heterocycles. The number of rotatable bonds is 4. The molecule has 1 N–H and O–H groups in total. The Bertz CT molecular complexity index is 608. The van der Waals surface area contributed by atoms with E-state index >= 15 is 0 Å². The minimum Gasteiger partial charge on any atom is -0.469 e. The van der Waals surface area contributed by atoms with Crippen LogP contribution in [0.15, 0.2) is 54.6 Å². The average molecular weight is 269 g/mol. The zero-order chi connectivity index (χ0) is 14.4. The summed E-state index contributed by atoms with van der Waals surface area (Å²) in [7, 11) is 1.35. The van der Waals surface area contributed by atoms with Gasteiger partial charge in [0, 0.05) is 11.3 Å². The maximum Gasteiger partial charge on any atom is 0.309 e. The van der Waals surface area contributed by atoms with Crippen molar-refractivity contribution >= 4 is 17.6 Å². The summed E-state index contributed by atoms with van der Waals surface area (Å²) in [5.74, 6) is -0.489. The van der Waals surface area contributed by atoms with E-state index in [2.05, 4.69) is 10.1 Å². The van der Waals surface area contributed by atoms with E-state index < -0.39 is 0 Å². The van der Waals surface area contributed by atoms with Gasteiger partial charge >= 0.3 is 5.97 Å². The van der Waals surface area contributed by atoms with E-state index in [0.717, 1.165) is 5.56 Å². The van der Waals surface area contributed by atoms with E-state index in [-0.39, 0.29) is 18.3 Å². The molecule has 102 valence electrons. The summed E-state index contributed by atoms with van der Waals surface area (Å²) in [6, 6.07) is 16.1. The largest absolute Gasteiger partial charge is 0.469 e. The molecule has 1 amide bonds. The van der Waals surface area contributed by atoms with Crippen molar-refractivity contribution in [3.63, 3.8) is 0 Å². The number of esters is 1. The van der Waals surface area contributed by atoms with Gasteiger partial charge in [-0.05, 0) is 29.8 Å². The number of benzene rings is 2. The van der Waals surface area contributed by atoms with Crippen molar-refractivity contribution in [1.82, 2.24) is 0 Å². The Kier molecular flexibility index (Phi) is 4.50. The van der Waals surface area contributed by atoms with Crippen molar-refractivity contribution in [3.05, 3.63) is 65.7 Å². The normalized spacial score (nSPS) is 9.85. The zero-order valence-electron chi connectivity index (χ0n) is 11.1. The van der Waals surface area contributed by atoms with E-state index in [0.29, 0.717) is 11.3 Å². The van der Waals surface area contributed by atoms with Gasteiger partial charge in [-0.25, -0.2) is 0 Å². The molecule has 4 heteroatoms. The number of amides is 1. The molecule has 2 aromatic rings. The van der Waals surface area contributed by atoms with Gasteiger partial charge in [-0.15, -0.1) is 0 Å². The van der Waals surface area contributed by atoms with Crippen LogP contribution in [0.2, 0.25) is 0 Å². The van der Waals surface area contributed by atoms with E-state index in [1.807, 2.05) is 24.3 Å². The summed E-state index contributed by atoms with van der Waals surface area (Å²) in [6.45, 7) is 0. The topological polar surface area (TPSA) is 55.4 Å². The third-order valence-corrected chi connectivity index (χ3v) is 2.80. The lowest BCUT2D eigenvalue weighted by atomic mass is 10.1. The Hall–Kier alpha value is -2.62. The van der Waals surface area contributed by atoms with E-state index in [4.69, 9.17) is 0 Å². The lowest BCUT2D eigenvalue weighted by Gasteiger charge is -2.07. The van der Waals surface area contributed by atoms with Gasteiger partial charge in [0.2, 0.25) is 0 Å². The monoisotopic (exact) mass is 269 g/mol. The second-order valence-corrected chi connectivity index (χ2v) is 4.27. The van der Waals surface area contributed by atoms with Crippen LogP contribution in [0.25, 0.3) is 0 Å². The zero-order valence-corrected chi connectivity index (χ0v) is 11.1. The highest BCUT2D eigenvalue weighted by Crippen LogP contribution is 2.13. The van der Waals surface area contributed by atoms with Gasteiger partial charge in [0.25, 0.3) is 5.91 Å². The van der Waals surface area contributed by atoms with Crippen molar-refractivity contribution in [3.8, 4) is 0 Å². The Balaban J connectivity index is 2.08. The molecule has 0 aliphatic rings. The Morgan fingerprint density at radius 3 is 2.50 bits per heavy atom. The first-order chi connectivity index (χ1) is 9.69. The molecular formula is C16H15NO3. The lowest BCUT2D eigenvalue weighted by Crippen LogP contribution is -2.12. The fraction of sp³-hybridized carbons (Fsp3) is 0.125. The third kappa shape index (κ3) is 3.68. The predicted molar refractivity (Wildman–Crippen MR) is 76.6 cm³/mol. The lowest BCUT2D eigenvalue weighted by molar-refractivity contribution is -0.139. The Morgan fingerprint density at radius 1 is 1.05 bits per heavy atom. The number of hydrogen-bond acceptors (Lipinski definition) is 3. The highest BCUT2D eigenvalue weighted by Gasteiger charge is 2.07. The van der Waals surface area contributed by atoms with Crippen LogP contribution in [-0.4, -0.2) is 19.0 Å². The number of nitrogens with one attached hydrogen (secondary N) is 1. The van der Waals surface area contributed by atoms with Crippen LogP contribution < -0.4 is 5.32 Å². The van der Waals surface area contributed by atoms with Crippen LogP contribution in [0.4, 0.5) is 5.69 Å². The fourth-order valence-electron chi connectivity index (χ4n) is 1.79. The molecule has 0 heterocycles. The Labute approximate surface area is 117 Å². The maximum absolute atomic E-state index is 12.0. The second-order valence-electron chi connectivity index (χ2n) is 4.27. The smallest absolute Gasteiger partial charge is 0.309 e. The molecule has 2 rings (SSSR count). The van der Waals surface area contributed by atoms with Crippen LogP contribution in [0.1, 0.15) is 15.9 Å². The summed E-state index contributed by atoms with van der Waals surface area (Å²) < 4.78 is 4.62. The summed E-state index contributed by atoms with van der Waals surface area (Å²) >= 11 is 0. The molecule has 0 saturated heterocycles. The highest BCUT2D eigenvalue weighted by atomic mass is 16.5. The molecule has 20 heavy (non-hydrogen) atoms. The Morgan fingerprint density at radius 2 is 1.80 bits per heavy atom. The molecule has 0 aliphatic carbocycles.